The molecule has 2 amide bonds. The summed E-state index contributed by atoms with van der Waals surface area (Å²) in [5, 5.41) is 15.1. The highest BCUT2D eigenvalue weighted by Crippen LogP contribution is 2.24. The molecule has 0 heterocycles. The minimum atomic E-state index is -0.277. The summed E-state index contributed by atoms with van der Waals surface area (Å²) in [6, 6.07) is 5.21. The molecule has 0 spiro atoms. The van der Waals surface area contributed by atoms with Gasteiger partial charge in [0.05, 0.1) is 6.61 Å². The molecule has 0 fully saturated rings. The van der Waals surface area contributed by atoms with Crippen LogP contribution >= 0.6 is 0 Å². The van der Waals surface area contributed by atoms with Crippen molar-refractivity contribution in [3.8, 4) is 0 Å². The van der Waals surface area contributed by atoms with E-state index in [0.717, 1.165) is 18.4 Å². The predicted molar refractivity (Wildman–Crippen MR) is 87.9 cm³/mol. The molecule has 1 rings (SSSR count). The molecule has 0 aliphatic heterocycles. The van der Waals surface area contributed by atoms with Crippen LogP contribution in [0.5, 0.6) is 0 Å². The van der Waals surface area contributed by atoms with Crippen LogP contribution in [0, 0.1) is 12.3 Å². The van der Waals surface area contributed by atoms with Crippen LogP contribution in [0.2, 0.25) is 0 Å². The molecule has 122 valence electrons. The maximum Gasteiger partial charge on any atom is 0.251 e. The van der Waals surface area contributed by atoms with Crippen molar-refractivity contribution in [2.45, 2.75) is 40.5 Å². The van der Waals surface area contributed by atoms with E-state index in [1.54, 1.807) is 18.2 Å². The lowest BCUT2D eigenvalue weighted by Crippen LogP contribution is -2.39. The number of rotatable bonds is 7. The van der Waals surface area contributed by atoms with Gasteiger partial charge in [-0.25, -0.2) is 0 Å². The molecular formula is C17H26N2O3. The van der Waals surface area contributed by atoms with Gasteiger partial charge in [0.15, 0.2) is 0 Å². The van der Waals surface area contributed by atoms with Crippen molar-refractivity contribution in [2.24, 2.45) is 5.41 Å². The van der Waals surface area contributed by atoms with Crippen molar-refractivity contribution in [1.29, 1.82) is 0 Å². The number of aliphatic hydroxyl groups is 1. The van der Waals surface area contributed by atoms with Crippen LogP contribution in [0.4, 0.5) is 5.69 Å². The molecule has 1 aromatic rings. The summed E-state index contributed by atoms with van der Waals surface area (Å²) in [5.74, 6) is -0.372. The molecule has 0 aliphatic carbocycles. The number of aryl methyl sites for hydroxylation is 1. The minimum absolute atomic E-state index is 0.0469. The Kier molecular flexibility index (Phi) is 6.56. The van der Waals surface area contributed by atoms with E-state index in [0.29, 0.717) is 17.8 Å². The largest absolute Gasteiger partial charge is 0.396 e. The number of nitrogens with one attached hydrogen (secondary N) is 2. The molecule has 0 aromatic heterocycles. The summed E-state index contributed by atoms with van der Waals surface area (Å²) in [4.78, 5) is 23.5. The third-order valence-electron chi connectivity index (χ3n) is 4.27. The first-order valence-corrected chi connectivity index (χ1v) is 7.64. The third-order valence-corrected chi connectivity index (χ3v) is 4.27. The van der Waals surface area contributed by atoms with Crippen LogP contribution < -0.4 is 10.6 Å². The first-order chi connectivity index (χ1) is 10.4. The fraction of sp³-hybridized carbons (Fsp3) is 0.529. The Balaban J connectivity index is 2.83. The molecule has 0 saturated heterocycles. The quantitative estimate of drug-likeness (QED) is 0.724. The van der Waals surface area contributed by atoms with Crippen LogP contribution in [0.3, 0.4) is 0 Å². The van der Waals surface area contributed by atoms with Gasteiger partial charge in [-0.15, -0.1) is 0 Å². The van der Waals surface area contributed by atoms with Crippen LogP contribution in [0.1, 0.15) is 49.5 Å². The Morgan fingerprint density at radius 3 is 2.36 bits per heavy atom. The van der Waals surface area contributed by atoms with E-state index in [4.69, 9.17) is 0 Å². The molecule has 0 atom stereocenters. The number of aliphatic hydroxyl groups excluding tert-OH is 1. The third kappa shape index (κ3) is 4.56. The first-order valence-electron chi connectivity index (χ1n) is 7.64. The van der Waals surface area contributed by atoms with Crippen LogP contribution in [0.15, 0.2) is 18.2 Å². The van der Waals surface area contributed by atoms with E-state index < -0.39 is 0 Å². The van der Waals surface area contributed by atoms with Crippen molar-refractivity contribution in [3.05, 3.63) is 29.3 Å². The van der Waals surface area contributed by atoms with Gasteiger partial charge in [0.25, 0.3) is 5.91 Å². The predicted octanol–water partition coefficient (Wildman–Crippen LogP) is 2.48. The zero-order valence-corrected chi connectivity index (χ0v) is 13.8. The van der Waals surface area contributed by atoms with E-state index in [2.05, 4.69) is 10.6 Å². The van der Waals surface area contributed by atoms with Gasteiger partial charge in [0.1, 0.15) is 0 Å². The molecule has 5 nitrogen and oxygen atoms in total. The highest BCUT2D eigenvalue weighted by Gasteiger charge is 2.26. The average Bonchev–Trinajstić information content (AvgIpc) is 2.50. The van der Waals surface area contributed by atoms with Gasteiger partial charge in [-0.3, -0.25) is 9.59 Å². The number of amides is 2. The summed E-state index contributed by atoms with van der Waals surface area (Å²) >= 11 is 0. The van der Waals surface area contributed by atoms with Gasteiger partial charge >= 0.3 is 0 Å². The fourth-order valence-corrected chi connectivity index (χ4v) is 2.24. The van der Waals surface area contributed by atoms with Crippen molar-refractivity contribution >= 4 is 17.5 Å². The minimum Gasteiger partial charge on any atom is -0.396 e. The SMILES string of the molecule is CCC(CC)(CO)CNC(=O)c1ccc(C)c(NC(C)=O)c1. The molecule has 0 aliphatic rings. The maximum absolute atomic E-state index is 12.3. The Hall–Kier alpha value is -1.88. The average molecular weight is 306 g/mol. The number of hydrogen-bond acceptors (Lipinski definition) is 3. The van der Waals surface area contributed by atoms with E-state index in [9.17, 15) is 14.7 Å². The molecule has 0 bridgehead atoms. The van der Waals surface area contributed by atoms with Crippen molar-refractivity contribution in [3.63, 3.8) is 0 Å². The van der Waals surface area contributed by atoms with Crippen LogP contribution in [0.25, 0.3) is 0 Å². The summed E-state index contributed by atoms with van der Waals surface area (Å²) in [6.07, 6.45) is 1.59. The molecule has 3 N–H and O–H groups in total. The van der Waals surface area contributed by atoms with Gasteiger partial charge in [-0.05, 0) is 37.5 Å². The maximum atomic E-state index is 12.3. The van der Waals surface area contributed by atoms with Gasteiger partial charge in [-0.2, -0.15) is 0 Å². The van der Waals surface area contributed by atoms with E-state index in [-0.39, 0.29) is 23.8 Å². The first kappa shape index (κ1) is 18.2. The number of carbonyl (C=O) groups is 2. The van der Waals surface area contributed by atoms with Gasteiger partial charge in [0, 0.05) is 30.1 Å². The second kappa shape index (κ2) is 7.94. The second-order valence-corrected chi connectivity index (χ2v) is 5.76. The van der Waals surface area contributed by atoms with E-state index in [1.165, 1.54) is 6.92 Å². The highest BCUT2D eigenvalue weighted by molar-refractivity contribution is 5.97. The standard InChI is InChI=1S/C17H26N2O3/c1-5-17(6-2,11-20)10-18-16(22)14-8-7-12(3)15(9-14)19-13(4)21/h7-9,20H,5-6,10-11H2,1-4H3,(H,18,22)(H,19,21). The second-order valence-electron chi connectivity index (χ2n) is 5.76. The zero-order valence-electron chi connectivity index (χ0n) is 13.8. The van der Waals surface area contributed by atoms with Gasteiger partial charge < -0.3 is 15.7 Å². The molecular weight excluding hydrogens is 280 g/mol. The lowest BCUT2D eigenvalue weighted by atomic mass is 9.83. The highest BCUT2D eigenvalue weighted by atomic mass is 16.3. The molecule has 22 heavy (non-hydrogen) atoms. The summed E-state index contributed by atoms with van der Waals surface area (Å²) in [5.41, 5.74) is 1.76. The molecule has 5 heteroatoms. The topological polar surface area (TPSA) is 78.4 Å². The van der Waals surface area contributed by atoms with Crippen molar-refractivity contribution < 1.29 is 14.7 Å². The summed E-state index contributed by atoms with van der Waals surface area (Å²) in [6.45, 7) is 7.80. The monoisotopic (exact) mass is 306 g/mol. The van der Waals surface area contributed by atoms with Gasteiger partial charge in [0.2, 0.25) is 5.91 Å². The van der Waals surface area contributed by atoms with Crippen molar-refractivity contribution in [2.75, 3.05) is 18.5 Å². The lowest BCUT2D eigenvalue weighted by Gasteiger charge is -2.29. The number of hydrogen-bond donors (Lipinski definition) is 3. The molecule has 0 saturated carbocycles. The summed E-state index contributed by atoms with van der Waals surface area (Å²) < 4.78 is 0. The Morgan fingerprint density at radius 2 is 1.86 bits per heavy atom. The number of anilines is 1. The molecule has 0 radical (unpaired) electrons. The van der Waals surface area contributed by atoms with Crippen LogP contribution in [-0.2, 0) is 4.79 Å². The van der Waals surface area contributed by atoms with E-state index >= 15 is 0 Å². The van der Waals surface area contributed by atoms with Crippen molar-refractivity contribution in [1.82, 2.24) is 5.32 Å². The smallest absolute Gasteiger partial charge is 0.251 e. The lowest BCUT2D eigenvalue weighted by molar-refractivity contribution is -0.114. The van der Waals surface area contributed by atoms with E-state index in [1.807, 2.05) is 20.8 Å². The fourth-order valence-electron chi connectivity index (χ4n) is 2.24. The number of benzene rings is 1. The van der Waals surface area contributed by atoms with Gasteiger partial charge in [-0.1, -0.05) is 19.9 Å². The summed E-state index contributed by atoms with van der Waals surface area (Å²) in [7, 11) is 0. The Bertz CT molecular complexity index is 528. The molecule has 1 aromatic carbocycles. The molecule has 0 unspecified atom stereocenters. The zero-order chi connectivity index (χ0) is 16.8. The Morgan fingerprint density at radius 1 is 1.23 bits per heavy atom. The normalized spacial score (nSPS) is 11.1. The Labute approximate surface area is 132 Å². The van der Waals surface area contributed by atoms with Crippen LogP contribution in [-0.4, -0.2) is 30.1 Å². The number of carbonyl (C=O) groups excluding carboxylic acids is 2.